The number of carbonyl (C=O) groups is 1. The normalized spacial score (nSPS) is 16.4. The molecule has 1 saturated heterocycles. The van der Waals surface area contributed by atoms with Crippen LogP contribution < -0.4 is 15.4 Å². The summed E-state index contributed by atoms with van der Waals surface area (Å²) in [6.45, 7) is 4.46. The number of rotatable bonds is 8. The minimum Gasteiger partial charge on any atom is -0.484 e. The molecule has 1 fully saturated rings. The third kappa shape index (κ3) is 9.05. The fraction of sp³-hybridized carbons (Fsp3) is 0.579. The minimum absolute atomic E-state index is 0. The second-order valence-corrected chi connectivity index (χ2v) is 7.84. The van der Waals surface area contributed by atoms with Crippen molar-refractivity contribution in [1.29, 1.82) is 0 Å². The second-order valence-electron chi connectivity index (χ2n) is 6.44. The molecule has 0 aromatic heterocycles. The molecule has 1 atom stereocenters. The first kappa shape index (κ1) is 23.9. The molecule has 0 aliphatic carbocycles. The second kappa shape index (κ2) is 13.1. The molecular weight excluding hydrogens is 475 g/mol. The van der Waals surface area contributed by atoms with Gasteiger partial charge in [-0.05, 0) is 43.2 Å². The Kier molecular flexibility index (Phi) is 11.6. The predicted octanol–water partition coefficient (Wildman–Crippen LogP) is 2.72. The van der Waals surface area contributed by atoms with Crippen molar-refractivity contribution < 1.29 is 9.53 Å². The number of benzene rings is 1. The molecule has 0 saturated carbocycles. The fourth-order valence-corrected chi connectivity index (χ4v) is 3.74. The van der Waals surface area contributed by atoms with Gasteiger partial charge in [0.1, 0.15) is 5.75 Å². The number of thioether (sulfide) groups is 1. The number of hydrogen-bond acceptors (Lipinski definition) is 4. The lowest BCUT2D eigenvalue weighted by atomic mass is 10.2. The van der Waals surface area contributed by atoms with Crippen molar-refractivity contribution in [2.45, 2.75) is 31.6 Å². The molecular formula is C19H31IN4O2S. The van der Waals surface area contributed by atoms with Gasteiger partial charge in [0.2, 0.25) is 0 Å². The molecule has 1 heterocycles. The summed E-state index contributed by atoms with van der Waals surface area (Å²) in [4.78, 5) is 17.8. The summed E-state index contributed by atoms with van der Waals surface area (Å²) in [5.41, 5.74) is 1.05. The van der Waals surface area contributed by atoms with Crippen LogP contribution in [0.25, 0.3) is 0 Å². The minimum atomic E-state index is -0.0585. The van der Waals surface area contributed by atoms with Crippen molar-refractivity contribution in [2.75, 3.05) is 39.5 Å². The molecule has 1 aliphatic heterocycles. The van der Waals surface area contributed by atoms with Crippen LogP contribution in [0.1, 0.15) is 25.3 Å². The summed E-state index contributed by atoms with van der Waals surface area (Å²) >= 11 is 2.04. The highest BCUT2D eigenvalue weighted by Gasteiger charge is 2.15. The van der Waals surface area contributed by atoms with Crippen molar-refractivity contribution >= 4 is 47.6 Å². The van der Waals surface area contributed by atoms with Crippen LogP contribution in [-0.4, -0.2) is 61.6 Å². The molecule has 6 nitrogen and oxygen atoms in total. The maximum atomic E-state index is 11.6. The summed E-state index contributed by atoms with van der Waals surface area (Å²) in [7, 11) is 3.44. The molecule has 1 aromatic carbocycles. The first-order valence-electron chi connectivity index (χ1n) is 9.14. The third-order valence-corrected chi connectivity index (χ3v) is 5.44. The van der Waals surface area contributed by atoms with Gasteiger partial charge < -0.3 is 20.3 Å². The Morgan fingerprint density at radius 1 is 1.37 bits per heavy atom. The number of ether oxygens (including phenoxy) is 1. The molecule has 27 heavy (non-hydrogen) atoms. The van der Waals surface area contributed by atoms with Crippen molar-refractivity contribution in [1.82, 2.24) is 15.5 Å². The van der Waals surface area contributed by atoms with Gasteiger partial charge in [0, 0.05) is 32.4 Å². The highest BCUT2D eigenvalue weighted by Crippen LogP contribution is 2.25. The molecule has 1 aliphatic rings. The van der Waals surface area contributed by atoms with E-state index in [1.54, 1.807) is 14.1 Å². The molecule has 0 spiro atoms. The monoisotopic (exact) mass is 506 g/mol. The molecule has 1 aromatic rings. The van der Waals surface area contributed by atoms with E-state index in [2.05, 4.69) is 22.5 Å². The number of likely N-dealkylation sites (N-methyl/N-ethyl adjacent to an activating group) is 1. The number of nitrogens with one attached hydrogen (secondary N) is 2. The van der Waals surface area contributed by atoms with Crippen molar-refractivity contribution in [3.05, 3.63) is 29.8 Å². The van der Waals surface area contributed by atoms with Gasteiger partial charge in [-0.15, -0.1) is 24.0 Å². The van der Waals surface area contributed by atoms with Crippen molar-refractivity contribution in [3.8, 4) is 5.75 Å². The van der Waals surface area contributed by atoms with E-state index >= 15 is 0 Å². The van der Waals surface area contributed by atoms with Crippen LogP contribution in [0.3, 0.4) is 0 Å². The standard InChI is InChI=1S/C19H30N4O2S.HI/c1-4-20-19(22-13-17-9-6-10-26-17)21-12-15-7-5-8-16(11-15)25-14-18(24)23(2)3;/h5,7-8,11,17H,4,6,9-10,12-14H2,1-3H3,(H2,20,21,22);1H. The Balaban J connectivity index is 0.00000364. The molecule has 1 unspecified atom stereocenters. The first-order valence-corrected chi connectivity index (χ1v) is 10.2. The fourth-order valence-electron chi connectivity index (χ4n) is 2.54. The smallest absolute Gasteiger partial charge is 0.259 e. The highest BCUT2D eigenvalue weighted by atomic mass is 127. The Bertz CT molecular complexity index is 607. The number of aliphatic imine (C=N–C) groups is 1. The zero-order chi connectivity index (χ0) is 18.8. The van der Waals surface area contributed by atoms with Crippen molar-refractivity contribution in [2.24, 2.45) is 4.99 Å². The largest absolute Gasteiger partial charge is 0.484 e. The Morgan fingerprint density at radius 3 is 2.85 bits per heavy atom. The van der Waals surface area contributed by atoms with Gasteiger partial charge >= 0.3 is 0 Å². The van der Waals surface area contributed by atoms with Gasteiger partial charge in [0.05, 0.1) is 6.54 Å². The number of guanidine groups is 1. The van der Waals surface area contributed by atoms with Gasteiger partial charge in [-0.3, -0.25) is 4.79 Å². The zero-order valence-corrected chi connectivity index (χ0v) is 19.5. The van der Waals surface area contributed by atoms with E-state index in [0.29, 0.717) is 17.5 Å². The summed E-state index contributed by atoms with van der Waals surface area (Å²) in [5.74, 6) is 2.74. The van der Waals surface area contributed by atoms with Crippen LogP contribution in [-0.2, 0) is 11.3 Å². The van der Waals surface area contributed by atoms with Crippen LogP contribution in [0.5, 0.6) is 5.75 Å². The number of amides is 1. The highest BCUT2D eigenvalue weighted by molar-refractivity contribution is 14.0. The number of carbonyl (C=O) groups excluding carboxylic acids is 1. The Labute approximate surface area is 183 Å². The molecule has 152 valence electrons. The van der Waals surface area contributed by atoms with Crippen LogP contribution >= 0.6 is 35.7 Å². The molecule has 1 amide bonds. The lowest BCUT2D eigenvalue weighted by Gasteiger charge is -2.14. The lowest BCUT2D eigenvalue weighted by molar-refractivity contribution is -0.130. The van der Waals surface area contributed by atoms with Crippen molar-refractivity contribution in [3.63, 3.8) is 0 Å². The first-order chi connectivity index (χ1) is 12.6. The topological polar surface area (TPSA) is 66.0 Å². The SMILES string of the molecule is CCNC(=NCc1cccc(OCC(=O)N(C)C)c1)NCC1CCCS1.I. The van der Waals surface area contributed by atoms with Crippen LogP contribution in [0.15, 0.2) is 29.3 Å². The van der Waals surface area contributed by atoms with Crippen LogP contribution in [0.2, 0.25) is 0 Å². The van der Waals surface area contributed by atoms with E-state index < -0.39 is 0 Å². The summed E-state index contributed by atoms with van der Waals surface area (Å²) in [6, 6.07) is 7.73. The van der Waals surface area contributed by atoms with Gasteiger partial charge in [-0.25, -0.2) is 4.99 Å². The molecule has 8 heteroatoms. The zero-order valence-electron chi connectivity index (χ0n) is 16.4. The summed E-state index contributed by atoms with van der Waals surface area (Å²) in [5, 5.41) is 7.41. The Hall–Kier alpha value is -1.16. The van der Waals surface area contributed by atoms with E-state index in [0.717, 1.165) is 24.6 Å². The van der Waals surface area contributed by atoms with E-state index in [4.69, 9.17) is 4.74 Å². The lowest BCUT2D eigenvalue weighted by Crippen LogP contribution is -2.40. The predicted molar refractivity (Wildman–Crippen MR) is 124 cm³/mol. The maximum Gasteiger partial charge on any atom is 0.259 e. The van der Waals surface area contributed by atoms with Crippen LogP contribution in [0, 0.1) is 0 Å². The summed E-state index contributed by atoms with van der Waals surface area (Å²) < 4.78 is 5.57. The number of hydrogen-bond donors (Lipinski definition) is 2. The molecule has 0 radical (unpaired) electrons. The average molecular weight is 506 g/mol. The van der Waals surface area contributed by atoms with E-state index in [-0.39, 0.29) is 36.5 Å². The van der Waals surface area contributed by atoms with Gasteiger partial charge in [0.25, 0.3) is 5.91 Å². The molecule has 2 N–H and O–H groups in total. The molecule has 0 bridgehead atoms. The van der Waals surface area contributed by atoms with Crippen LogP contribution in [0.4, 0.5) is 0 Å². The average Bonchev–Trinajstić information content (AvgIpc) is 3.16. The maximum absolute atomic E-state index is 11.6. The van der Waals surface area contributed by atoms with Gasteiger partial charge in [-0.2, -0.15) is 11.8 Å². The summed E-state index contributed by atoms with van der Waals surface area (Å²) in [6.07, 6.45) is 2.59. The van der Waals surface area contributed by atoms with Gasteiger partial charge in [-0.1, -0.05) is 12.1 Å². The Morgan fingerprint density at radius 2 is 2.19 bits per heavy atom. The number of halogens is 1. The quantitative estimate of drug-likeness (QED) is 0.323. The molecule has 2 rings (SSSR count). The van der Waals surface area contributed by atoms with E-state index in [9.17, 15) is 4.79 Å². The van der Waals surface area contributed by atoms with E-state index in [1.807, 2.05) is 36.0 Å². The van der Waals surface area contributed by atoms with E-state index in [1.165, 1.54) is 23.5 Å². The third-order valence-electron chi connectivity index (χ3n) is 4.04. The number of nitrogens with zero attached hydrogens (tertiary/aromatic N) is 2. The van der Waals surface area contributed by atoms with Gasteiger partial charge in [0.15, 0.2) is 12.6 Å².